The van der Waals surface area contributed by atoms with Gasteiger partial charge in [-0.1, -0.05) is 29.8 Å². The SMILES string of the molecule is CCNC(=NCc1ccc(C)cc1)NCC(O)COc1ccc(F)cc1.I. The molecule has 27 heavy (non-hydrogen) atoms. The van der Waals surface area contributed by atoms with Crippen LogP contribution in [0.3, 0.4) is 0 Å². The van der Waals surface area contributed by atoms with E-state index < -0.39 is 6.10 Å². The van der Waals surface area contributed by atoms with Crippen molar-refractivity contribution in [3.63, 3.8) is 0 Å². The van der Waals surface area contributed by atoms with Crippen LogP contribution >= 0.6 is 24.0 Å². The third-order valence-corrected chi connectivity index (χ3v) is 3.65. The van der Waals surface area contributed by atoms with Crippen LogP contribution in [0.2, 0.25) is 0 Å². The van der Waals surface area contributed by atoms with E-state index in [1.165, 1.54) is 29.8 Å². The fourth-order valence-corrected chi connectivity index (χ4v) is 2.20. The summed E-state index contributed by atoms with van der Waals surface area (Å²) in [5, 5.41) is 16.3. The molecule has 0 aromatic heterocycles. The lowest BCUT2D eigenvalue weighted by Crippen LogP contribution is -2.42. The van der Waals surface area contributed by atoms with E-state index in [0.29, 0.717) is 24.8 Å². The zero-order chi connectivity index (χ0) is 18.8. The van der Waals surface area contributed by atoms with E-state index in [-0.39, 0.29) is 36.4 Å². The molecule has 1 atom stereocenters. The van der Waals surface area contributed by atoms with Gasteiger partial charge in [0, 0.05) is 13.1 Å². The van der Waals surface area contributed by atoms with Gasteiger partial charge in [0.25, 0.3) is 0 Å². The van der Waals surface area contributed by atoms with Crippen LogP contribution in [0.1, 0.15) is 18.1 Å². The summed E-state index contributed by atoms with van der Waals surface area (Å²) in [5.74, 6) is 0.832. The number of hydrogen-bond acceptors (Lipinski definition) is 3. The molecule has 0 saturated heterocycles. The maximum atomic E-state index is 12.8. The molecule has 3 N–H and O–H groups in total. The molecule has 1 unspecified atom stereocenters. The molecule has 2 rings (SSSR count). The van der Waals surface area contributed by atoms with Crippen molar-refractivity contribution in [2.75, 3.05) is 19.7 Å². The van der Waals surface area contributed by atoms with E-state index in [2.05, 4.69) is 27.8 Å². The Morgan fingerprint density at radius 1 is 1.11 bits per heavy atom. The highest BCUT2D eigenvalue weighted by Gasteiger charge is 2.07. The van der Waals surface area contributed by atoms with Gasteiger partial charge in [0.15, 0.2) is 5.96 Å². The molecule has 2 aromatic rings. The molecule has 148 valence electrons. The number of aryl methyl sites for hydroxylation is 1. The fourth-order valence-electron chi connectivity index (χ4n) is 2.20. The summed E-state index contributed by atoms with van der Waals surface area (Å²) < 4.78 is 18.3. The van der Waals surface area contributed by atoms with Crippen molar-refractivity contribution in [2.24, 2.45) is 4.99 Å². The number of aliphatic hydroxyl groups excluding tert-OH is 1. The summed E-state index contributed by atoms with van der Waals surface area (Å²) in [6, 6.07) is 13.9. The molecule has 0 radical (unpaired) electrons. The third-order valence-electron chi connectivity index (χ3n) is 3.65. The zero-order valence-electron chi connectivity index (χ0n) is 15.6. The first-order valence-electron chi connectivity index (χ1n) is 8.71. The van der Waals surface area contributed by atoms with Crippen molar-refractivity contribution in [1.29, 1.82) is 0 Å². The van der Waals surface area contributed by atoms with E-state index in [1.54, 1.807) is 0 Å². The molecular weight excluding hydrogens is 460 g/mol. The summed E-state index contributed by atoms with van der Waals surface area (Å²) in [6.45, 7) is 5.71. The van der Waals surface area contributed by atoms with E-state index >= 15 is 0 Å². The predicted octanol–water partition coefficient (Wildman–Crippen LogP) is 3.25. The van der Waals surface area contributed by atoms with Crippen LogP contribution in [-0.4, -0.2) is 36.9 Å². The van der Waals surface area contributed by atoms with Crippen molar-refractivity contribution in [3.05, 3.63) is 65.5 Å². The molecule has 0 aliphatic carbocycles. The van der Waals surface area contributed by atoms with Crippen LogP contribution < -0.4 is 15.4 Å². The maximum absolute atomic E-state index is 12.8. The predicted molar refractivity (Wildman–Crippen MR) is 117 cm³/mol. The van der Waals surface area contributed by atoms with Crippen LogP contribution in [0, 0.1) is 12.7 Å². The molecular formula is C20H27FIN3O2. The van der Waals surface area contributed by atoms with Gasteiger partial charge in [0.2, 0.25) is 0 Å². The molecule has 0 fully saturated rings. The summed E-state index contributed by atoms with van der Waals surface area (Å²) in [4.78, 5) is 4.51. The Kier molecular flexibility index (Phi) is 10.7. The van der Waals surface area contributed by atoms with Gasteiger partial charge in [-0.25, -0.2) is 9.38 Å². The average Bonchev–Trinajstić information content (AvgIpc) is 2.65. The second-order valence-electron chi connectivity index (χ2n) is 5.98. The first-order chi connectivity index (χ1) is 12.6. The van der Waals surface area contributed by atoms with Crippen LogP contribution in [0.25, 0.3) is 0 Å². The van der Waals surface area contributed by atoms with Gasteiger partial charge in [-0.05, 0) is 43.7 Å². The molecule has 7 heteroatoms. The Bertz CT molecular complexity index is 693. The van der Waals surface area contributed by atoms with Gasteiger partial charge in [-0.2, -0.15) is 0 Å². The maximum Gasteiger partial charge on any atom is 0.191 e. The number of rotatable bonds is 8. The summed E-state index contributed by atoms with van der Waals surface area (Å²) in [7, 11) is 0. The molecule has 0 saturated carbocycles. The topological polar surface area (TPSA) is 65.9 Å². The minimum Gasteiger partial charge on any atom is -0.491 e. The molecule has 0 aliphatic rings. The Labute approximate surface area is 177 Å². The van der Waals surface area contributed by atoms with Crippen molar-refractivity contribution >= 4 is 29.9 Å². The molecule has 0 amide bonds. The quantitative estimate of drug-likeness (QED) is 0.304. The number of aliphatic imine (C=N–C) groups is 1. The number of halogens is 2. The normalized spacial score (nSPS) is 12.1. The lowest BCUT2D eigenvalue weighted by Gasteiger charge is -2.16. The standard InChI is InChI=1S/C20H26FN3O2.HI/c1-3-22-20(23-12-16-6-4-15(2)5-7-16)24-13-18(25)14-26-19-10-8-17(21)9-11-19;/h4-11,18,25H,3,12-14H2,1-2H3,(H2,22,23,24);1H. The van der Waals surface area contributed by atoms with Crippen molar-refractivity contribution in [1.82, 2.24) is 10.6 Å². The Morgan fingerprint density at radius 2 is 1.78 bits per heavy atom. The smallest absolute Gasteiger partial charge is 0.191 e. The first kappa shape index (κ1) is 23.2. The lowest BCUT2D eigenvalue weighted by atomic mass is 10.1. The van der Waals surface area contributed by atoms with Crippen LogP contribution in [0.4, 0.5) is 4.39 Å². The number of nitrogens with zero attached hydrogens (tertiary/aromatic N) is 1. The Hall–Kier alpha value is -1.87. The highest BCUT2D eigenvalue weighted by atomic mass is 127. The van der Waals surface area contributed by atoms with Crippen molar-refractivity contribution in [2.45, 2.75) is 26.5 Å². The molecule has 0 bridgehead atoms. The Morgan fingerprint density at radius 3 is 2.41 bits per heavy atom. The van der Waals surface area contributed by atoms with Gasteiger partial charge >= 0.3 is 0 Å². The molecule has 0 spiro atoms. The third kappa shape index (κ3) is 9.05. The highest BCUT2D eigenvalue weighted by molar-refractivity contribution is 14.0. The van der Waals surface area contributed by atoms with Gasteiger partial charge in [0.05, 0.1) is 6.54 Å². The molecule has 5 nitrogen and oxygen atoms in total. The number of nitrogens with one attached hydrogen (secondary N) is 2. The monoisotopic (exact) mass is 487 g/mol. The van der Waals surface area contributed by atoms with E-state index in [1.807, 2.05) is 26.0 Å². The van der Waals surface area contributed by atoms with Crippen LogP contribution in [0.5, 0.6) is 5.75 Å². The largest absolute Gasteiger partial charge is 0.491 e. The Balaban J connectivity index is 0.00000364. The number of aliphatic hydroxyl groups is 1. The average molecular weight is 487 g/mol. The number of benzene rings is 2. The number of ether oxygens (including phenoxy) is 1. The second kappa shape index (κ2) is 12.5. The first-order valence-corrected chi connectivity index (χ1v) is 8.71. The fraction of sp³-hybridized carbons (Fsp3) is 0.350. The van der Waals surface area contributed by atoms with Gasteiger partial charge in [-0.3, -0.25) is 0 Å². The summed E-state index contributed by atoms with van der Waals surface area (Å²) in [6.07, 6.45) is -0.719. The summed E-state index contributed by atoms with van der Waals surface area (Å²) in [5.41, 5.74) is 2.33. The van der Waals surface area contributed by atoms with Gasteiger partial charge in [0.1, 0.15) is 24.3 Å². The number of hydrogen-bond donors (Lipinski definition) is 3. The lowest BCUT2D eigenvalue weighted by molar-refractivity contribution is 0.110. The van der Waals surface area contributed by atoms with Crippen LogP contribution in [-0.2, 0) is 6.54 Å². The van der Waals surface area contributed by atoms with E-state index in [9.17, 15) is 9.50 Å². The molecule has 0 heterocycles. The van der Waals surface area contributed by atoms with Gasteiger partial charge < -0.3 is 20.5 Å². The minimum atomic E-state index is -0.719. The highest BCUT2D eigenvalue weighted by Crippen LogP contribution is 2.11. The molecule has 0 aliphatic heterocycles. The van der Waals surface area contributed by atoms with E-state index in [0.717, 1.165) is 12.1 Å². The van der Waals surface area contributed by atoms with Crippen molar-refractivity contribution in [3.8, 4) is 5.75 Å². The van der Waals surface area contributed by atoms with Gasteiger partial charge in [-0.15, -0.1) is 24.0 Å². The summed E-state index contributed by atoms with van der Waals surface area (Å²) >= 11 is 0. The second-order valence-corrected chi connectivity index (χ2v) is 5.98. The van der Waals surface area contributed by atoms with Crippen LogP contribution in [0.15, 0.2) is 53.5 Å². The number of guanidine groups is 1. The van der Waals surface area contributed by atoms with Crippen molar-refractivity contribution < 1.29 is 14.2 Å². The van der Waals surface area contributed by atoms with E-state index in [4.69, 9.17) is 4.74 Å². The minimum absolute atomic E-state index is 0. The zero-order valence-corrected chi connectivity index (χ0v) is 17.9. The molecule has 2 aromatic carbocycles.